The van der Waals surface area contributed by atoms with E-state index < -0.39 is 0 Å². The van der Waals surface area contributed by atoms with Crippen LogP contribution in [0.15, 0.2) is 12.4 Å². The summed E-state index contributed by atoms with van der Waals surface area (Å²) in [6, 6.07) is 2.07. The van der Waals surface area contributed by atoms with Gasteiger partial charge in [0.15, 0.2) is 5.82 Å². The van der Waals surface area contributed by atoms with Crippen LogP contribution >= 0.6 is 0 Å². The maximum absolute atomic E-state index is 4.47. The van der Waals surface area contributed by atoms with Crippen molar-refractivity contribution in [3.8, 4) is 11.5 Å². The lowest BCUT2D eigenvalue weighted by Gasteiger charge is -2.17. The van der Waals surface area contributed by atoms with Gasteiger partial charge in [-0.3, -0.25) is 4.68 Å². The first-order valence-electron chi connectivity index (χ1n) is 5.28. The van der Waals surface area contributed by atoms with Crippen molar-refractivity contribution >= 4 is 0 Å². The zero-order valence-electron chi connectivity index (χ0n) is 10.4. The fourth-order valence-electron chi connectivity index (χ4n) is 1.81. The standard InChI is InChI=1S/C11H17N5/c1-11(2,3)9-6-8(14-15(9)4)10-12-7-13-16(10)5/h6-7H,1-5H3. The lowest BCUT2D eigenvalue weighted by molar-refractivity contribution is 0.523. The molecule has 0 radical (unpaired) electrons. The van der Waals surface area contributed by atoms with E-state index in [0.29, 0.717) is 0 Å². The molecule has 0 saturated carbocycles. The van der Waals surface area contributed by atoms with Gasteiger partial charge in [0.1, 0.15) is 12.0 Å². The van der Waals surface area contributed by atoms with Gasteiger partial charge in [0.25, 0.3) is 0 Å². The first-order valence-corrected chi connectivity index (χ1v) is 5.28. The van der Waals surface area contributed by atoms with Crippen LogP contribution in [-0.4, -0.2) is 24.5 Å². The minimum atomic E-state index is 0.0819. The molecule has 0 aliphatic carbocycles. The minimum Gasteiger partial charge on any atom is -0.271 e. The highest BCUT2D eigenvalue weighted by Crippen LogP contribution is 2.25. The van der Waals surface area contributed by atoms with Gasteiger partial charge in [-0.1, -0.05) is 20.8 Å². The molecule has 5 nitrogen and oxygen atoms in total. The number of aryl methyl sites for hydroxylation is 2. The molecule has 0 aliphatic heterocycles. The predicted octanol–water partition coefficient (Wildman–Crippen LogP) is 1.51. The van der Waals surface area contributed by atoms with Gasteiger partial charge >= 0.3 is 0 Å². The largest absolute Gasteiger partial charge is 0.271 e. The van der Waals surface area contributed by atoms with E-state index in [2.05, 4.69) is 42.0 Å². The van der Waals surface area contributed by atoms with Crippen molar-refractivity contribution in [1.82, 2.24) is 24.5 Å². The monoisotopic (exact) mass is 219 g/mol. The Morgan fingerprint density at radius 2 is 1.81 bits per heavy atom. The van der Waals surface area contributed by atoms with Gasteiger partial charge in [-0.25, -0.2) is 9.67 Å². The topological polar surface area (TPSA) is 48.5 Å². The van der Waals surface area contributed by atoms with Crippen LogP contribution in [0.4, 0.5) is 0 Å². The van der Waals surface area contributed by atoms with Crippen molar-refractivity contribution < 1.29 is 0 Å². The average molecular weight is 219 g/mol. The summed E-state index contributed by atoms with van der Waals surface area (Å²) in [6.45, 7) is 6.51. The number of rotatable bonds is 1. The molecule has 0 amide bonds. The summed E-state index contributed by atoms with van der Waals surface area (Å²) in [5.41, 5.74) is 2.14. The molecule has 0 atom stereocenters. The van der Waals surface area contributed by atoms with E-state index in [-0.39, 0.29) is 5.41 Å². The predicted molar refractivity (Wildman–Crippen MR) is 61.9 cm³/mol. The second-order valence-corrected chi connectivity index (χ2v) is 5.00. The highest BCUT2D eigenvalue weighted by molar-refractivity contribution is 5.50. The molecule has 0 aromatic carbocycles. The second-order valence-electron chi connectivity index (χ2n) is 5.00. The highest BCUT2D eigenvalue weighted by atomic mass is 15.3. The third-order valence-electron chi connectivity index (χ3n) is 2.59. The van der Waals surface area contributed by atoms with E-state index in [9.17, 15) is 0 Å². The van der Waals surface area contributed by atoms with Crippen LogP contribution in [0.1, 0.15) is 26.5 Å². The molecule has 86 valence electrons. The van der Waals surface area contributed by atoms with Crippen LogP contribution in [-0.2, 0) is 19.5 Å². The Morgan fingerprint density at radius 3 is 2.25 bits per heavy atom. The number of nitrogens with zero attached hydrogens (tertiary/aromatic N) is 5. The molecule has 0 fully saturated rings. The molecule has 0 saturated heterocycles. The Bertz CT molecular complexity index is 501. The molecule has 5 heteroatoms. The van der Waals surface area contributed by atoms with Crippen LogP contribution < -0.4 is 0 Å². The van der Waals surface area contributed by atoms with Gasteiger partial charge in [-0.05, 0) is 6.07 Å². The Hall–Kier alpha value is -1.65. The number of hydrogen-bond donors (Lipinski definition) is 0. The summed E-state index contributed by atoms with van der Waals surface area (Å²) in [5, 5.41) is 8.52. The summed E-state index contributed by atoms with van der Waals surface area (Å²) in [6.07, 6.45) is 1.54. The highest BCUT2D eigenvalue weighted by Gasteiger charge is 2.21. The first-order chi connectivity index (χ1) is 7.39. The molecule has 0 aliphatic rings. The summed E-state index contributed by atoms with van der Waals surface area (Å²) in [7, 11) is 3.83. The van der Waals surface area contributed by atoms with Crippen molar-refractivity contribution in [3.05, 3.63) is 18.1 Å². The van der Waals surface area contributed by atoms with Crippen molar-refractivity contribution in [2.24, 2.45) is 14.1 Å². The van der Waals surface area contributed by atoms with Crippen LogP contribution in [0.25, 0.3) is 11.5 Å². The van der Waals surface area contributed by atoms with E-state index in [1.165, 1.54) is 5.69 Å². The third kappa shape index (κ3) is 1.73. The summed E-state index contributed by atoms with van der Waals surface area (Å²) in [5.74, 6) is 0.797. The molecule has 16 heavy (non-hydrogen) atoms. The zero-order chi connectivity index (χ0) is 11.9. The van der Waals surface area contributed by atoms with E-state index in [1.807, 2.05) is 18.8 Å². The van der Waals surface area contributed by atoms with Gasteiger partial charge in [0.2, 0.25) is 0 Å². The fourth-order valence-corrected chi connectivity index (χ4v) is 1.81. The minimum absolute atomic E-state index is 0.0819. The molecule has 0 unspecified atom stereocenters. The van der Waals surface area contributed by atoms with Crippen molar-refractivity contribution in [1.29, 1.82) is 0 Å². The first kappa shape index (κ1) is 10.9. The van der Waals surface area contributed by atoms with Gasteiger partial charge in [0.05, 0.1) is 0 Å². The lowest BCUT2D eigenvalue weighted by Crippen LogP contribution is -2.16. The van der Waals surface area contributed by atoms with Crippen molar-refractivity contribution in [2.45, 2.75) is 26.2 Å². The van der Waals surface area contributed by atoms with Gasteiger partial charge in [-0.15, -0.1) is 0 Å². The van der Waals surface area contributed by atoms with Gasteiger partial charge in [0, 0.05) is 25.2 Å². The van der Waals surface area contributed by atoms with E-state index in [1.54, 1.807) is 11.0 Å². The molecule has 0 spiro atoms. The molecular weight excluding hydrogens is 202 g/mol. The Kier molecular flexibility index (Phi) is 2.33. The molecule has 2 heterocycles. The Morgan fingerprint density at radius 1 is 1.12 bits per heavy atom. The number of aromatic nitrogens is 5. The maximum Gasteiger partial charge on any atom is 0.178 e. The van der Waals surface area contributed by atoms with Crippen LogP contribution in [0.2, 0.25) is 0 Å². The molecule has 0 bridgehead atoms. The van der Waals surface area contributed by atoms with Gasteiger partial charge in [-0.2, -0.15) is 10.2 Å². The quantitative estimate of drug-likeness (QED) is 0.730. The van der Waals surface area contributed by atoms with Crippen LogP contribution in [0.3, 0.4) is 0 Å². The summed E-state index contributed by atoms with van der Waals surface area (Å²) < 4.78 is 3.64. The molecular formula is C11H17N5. The fraction of sp³-hybridized carbons (Fsp3) is 0.545. The van der Waals surface area contributed by atoms with Crippen LogP contribution in [0, 0.1) is 0 Å². The van der Waals surface area contributed by atoms with E-state index >= 15 is 0 Å². The van der Waals surface area contributed by atoms with Crippen molar-refractivity contribution in [3.63, 3.8) is 0 Å². The van der Waals surface area contributed by atoms with Crippen molar-refractivity contribution in [2.75, 3.05) is 0 Å². The summed E-state index contributed by atoms with van der Waals surface area (Å²) in [4.78, 5) is 4.20. The Balaban J connectivity index is 2.51. The smallest absolute Gasteiger partial charge is 0.178 e. The van der Waals surface area contributed by atoms with E-state index in [0.717, 1.165) is 11.5 Å². The molecule has 2 rings (SSSR count). The van der Waals surface area contributed by atoms with Gasteiger partial charge < -0.3 is 0 Å². The normalized spacial score (nSPS) is 12.1. The Labute approximate surface area is 95.1 Å². The molecule has 2 aromatic rings. The third-order valence-corrected chi connectivity index (χ3v) is 2.59. The molecule has 2 aromatic heterocycles. The average Bonchev–Trinajstić information content (AvgIpc) is 2.70. The maximum atomic E-state index is 4.47. The van der Waals surface area contributed by atoms with Crippen LogP contribution in [0.5, 0.6) is 0 Å². The summed E-state index contributed by atoms with van der Waals surface area (Å²) >= 11 is 0. The second kappa shape index (κ2) is 3.43. The lowest BCUT2D eigenvalue weighted by atomic mass is 9.92. The SMILES string of the molecule is Cn1nc(-c2ncnn2C)cc1C(C)(C)C. The molecule has 0 N–H and O–H groups in total. The zero-order valence-corrected chi connectivity index (χ0v) is 10.4. The number of hydrogen-bond acceptors (Lipinski definition) is 3. The van der Waals surface area contributed by atoms with E-state index in [4.69, 9.17) is 0 Å².